The van der Waals surface area contributed by atoms with Crippen LogP contribution in [-0.2, 0) is 7.05 Å². The number of hydrogen-bond donors (Lipinski definition) is 0. The molecule has 136 valence electrons. The summed E-state index contributed by atoms with van der Waals surface area (Å²) in [6, 6.07) is 7.00. The second-order valence-electron chi connectivity index (χ2n) is 5.53. The number of thioether (sulfide) groups is 1. The highest BCUT2D eigenvalue weighted by molar-refractivity contribution is 7.99. The average molecular weight is 373 g/mol. The van der Waals surface area contributed by atoms with Crippen molar-refractivity contribution in [1.29, 1.82) is 0 Å². The zero-order valence-corrected chi connectivity index (χ0v) is 15.8. The van der Waals surface area contributed by atoms with Gasteiger partial charge in [-0.05, 0) is 31.2 Å². The molecule has 2 heterocycles. The molecule has 0 fully saturated rings. The number of nitrogens with zero attached hydrogens (tertiary/aromatic N) is 3. The molecule has 0 unspecified atom stereocenters. The van der Waals surface area contributed by atoms with Gasteiger partial charge in [0.2, 0.25) is 0 Å². The van der Waals surface area contributed by atoms with E-state index in [9.17, 15) is 4.79 Å². The summed E-state index contributed by atoms with van der Waals surface area (Å²) >= 11 is 1.32. The number of aryl methyl sites for hydroxylation is 1. The summed E-state index contributed by atoms with van der Waals surface area (Å²) in [6.07, 6.45) is 1.62. The minimum absolute atomic E-state index is 0.0743. The molecule has 0 N–H and O–H groups in total. The summed E-state index contributed by atoms with van der Waals surface area (Å²) in [6.45, 7) is 1.87. The summed E-state index contributed by atoms with van der Waals surface area (Å²) in [5.41, 5.74) is 1.36. The van der Waals surface area contributed by atoms with Crippen LogP contribution in [0.5, 0.6) is 11.5 Å². The van der Waals surface area contributed by atoms with E-state index in [1.165, 1.54) is 18.9 Å². The molecule has 3 rings (SSSR count). The molecule has 8 heteroatoms. The Labute approximate surface area is 155 Å². The van der Waals surface area contributed by atoms with Crippen LogP contribution >= 0.6 is 11.8 Å². The molecule has 0 radical (unpaired) electrons. The molecule has 0 saturated carbocycles. The number of Topliss-reactive ketones (excluding diaryl/α,β-unsaturated/α-hetero) is 1. The van der Waals surface area contributed by atoms with Crippen LogP contribution in [-0.4, -0.2) is 40.5 Å². The van der Waals surface area contributed by atoms with Gasteiger partial charge in [0.1, 0.15) is 17.3 Å². The van der Waals surface area contributed by atoms with E-state index in [4.69, 9.17) is 13.9 Å². The van der Waals surface area contributed by atoms with Crippen LogP contribution in [0.1, 0.15) is 16.1 Å². The lowest BCUT2D eigenvalue weighted by Crippen LogP contribution is -2.06. The van der Waals surface area contributed by atoms with E-state index in [1.54, 1.807) is 31.6 Å². The predicted molar refractivity (Wildman–Crippen MR) is 98.0 cm³/mol. The van der Waals surface area contributed by atoms with Gasteiger partial charge in [0.05, 0.1) is 37.4 Å². The van der Waals surface area contributed by atoms with E-state index in [-0.39, 0.29) is 11.5 Å². The Kier molecular flexibility index (Phi) is 5.32. The third-order valence-electron chi connectivity index (χ3n) is 3.97. The smallest absolute Gasteiger partial charge is 0.191 e. The van der Waals surface area contributed by atoms with Gasteiger partial charge in [-0.2, -0.15) is 0 Å². The van der Waals surface area contributed by atoms with Crippen molar-refractivity contribution >= 4 is 17.5 Å². The van der Waals surface area contributed by atoms with Crippen molar-refractivity contribution in [1.82, 2.24) is 14.8 Å². The maximum absolute atomic E-state index is 12.6. The molecule has 1 aromatic carbocycles. The Hall–Kier alpha value is -2.74. The molecule has 0 saturated heterocycles. The van der Waals surface area contributed by atoms with Crippen molar-refractivity contribution in [3.63, 3.8) is 0 Å². The molecule has 0 aliphatic rings. The highest BCUT2D eigenvalue weighted by atomic mass is 32.2. The van der Waals surface area contributed by atoms with Gasteiger partial charge < -0.3 is 18.5 Å². The summed E-state index contributed by atoms with van der Waals surface area (Å²) in [4.78, 5) is 12.6. The Morgan fingerprint density at radius 2 is 2.04 bits per heavy atom. The van der Waals surface area contributed by atoms with Gasteiger partial charge in [-0.15, -0.1) is 10.2 Å². The fourth-order valence-electron chi connectivity index (χ4n) is 2.53. The molecule has 0 aliphatic carbocycles. The summed E-state index contributed by atoms with van der Waals surface area (Å²) < 4.78 is 17.6. The lowest BCUT2D eigenvalue weighted by Gasteiger charge is -2.09. The Bertz CT molecular complexity index is 932. The molecule has 0 bridgehead atoms. The maximum atomic E-state index is 12.6. The van der Waals surface area contributed by atoms with Crippen LogP contribution in [0.15, 0.2) is 40.1 Å². The number of aromatic nitrogens is 3. The molecule has 7 nitrogen and oxygen atoms in total. The van der Waals surface area contributed by atoms with Crippen molar-refractivity contribution in [3.8, 4) is 22.9 Å². The third kappa shape index (κ3) is 3.45. The zero-order valence-electron chi connectivity index (χ0n) is 15.0. The first-order chi connectivity index (χ1) is 12.5. The first-order valence-corrected chi connectivity index (χ1v) is 8.85. The first kappa shape index (κ1) is 18.1. The van der Waals surface area contributed by atoms with Crippen molar-refractivity contribution in [2.24, 2.45) is 7.05 Å². The highest BCUT2D eigenvalue weighted by Gasteiger charge is 2.18. The van der Waals surface area contributed by atoms with E-state index in [1.807, 2.05) is 24.6 Å². The Morgan fingerprint density at radius 3 is 2.69 bits per heavy atom. The quantitative estimate of drug-likeness (QED) is 0.464. The van der Waals surface area contributed by atoms with Crippen LogP contribution < -0.4 is 9.47 Å². The summed E-state index contributed by atoms with van der Waals surface area (Å²) in [5.74, 6) is 2.73. The van der Waals surface area contributed by atoms with E-state index >= 15 is 0 Å². The molecule has 0 atom stereocenters. The molecule has 0 aliphatic heterocycles. The lowest BCUT2D eigenvalue weighted by atomic mass is 10.1. The van der Waals surface area contributed by atoms with Crippen LogP contribution in [0, 0.1) is 6.92 Å². The van der Waals surface area contributed by atoms with Crippen LogP contribution in [0.4, 0.5) is 0 Å². The maximum Gasteiger partial charge on any atom is 0.191 e. The van der Waals surface area contributed by atoms with Crippen molar-refractivity contribution in [2.45, 2.75) is 12.1 Å². The number of benzene rings is 1. The number of ketones is 1. The van der Waals surface area contributed by atoms with Gasteiger partial charge in [0, 0.05) is 7.05 Å². The largest absolute Gasteiger partial charge is 0.497 e. The van der Waals surface area contributed by atoms with Gasteiger partial charge in [0.15, 0.2) is 16.8 Å². The average Bonchev–Trinajstić information content (AvgIpc) is 3.24. The number of rotatable bonds is 7. The van der Waals surface area contributed by atoms with Crippen molar-refractivity contribution in [3.05, 3.63) is 41.9 Å². The van der Waals surface area contributed by atoms with Gasteiger partial charge in [-0.1, -0.05) is 11.8 Å². The van der Waals surface area contributed by atoms with Crippen LogP contribution in [0.3, 0.4) is 0 Å². The second kappa shape index (κ2) is 7.65. The van der Waals surface area contributed by atoms with Crippen molar-refractivity contribution in [2.75, 3.05) is 20.0 Å². The topological polar surface area (TPSA) is 79.4 Å². The summed E-state index contributed by atoms with van der Waals surface area (Å²) in [5, 5.41) is 9.04. The number of furan rings is 1. The van der Waals surface area contributed by atoms with E-state index in [2.05, 4.69) is 10.2 Å². The number of carbonyl (C=O) groups is 1. The van der Waals surface area contributed by atoms with Gasteiger partial charge in [-0.3, -0.25) is 4.79 Å². The number of carbonyl (C=O) groups excluding carboxylic acids is 1. The molecular formula is C18H19N3O4S. The third-order valence-corrected chi connectivity index (χ3v) is 4.99. The predicted octanol–water partition coefficient (Wildman–Crippen LogP) is 3.38. The van der Waals surface area contributed by atoms with E-state index < -0.39 is 0 Å². The molecule has 0 spiro atoms. The van der Waals surface area contributed by atoms with Gasteiger partial charge >= 0.3 is 0 Å². The highest BCUT2D eigenvalue weighted by Crippen LogP contribution is 2.28. The normalized spacial score (nSPS) is 10.8. The fraction of sp³-hybridized carbons (Fsp3) is 0.278. The number of hydrogen-bond acceptors (Lipinski definition) is 7. The fourth-order valence-corrected chi connectivity index (χ4v) is 3.33. The lowest BCUT2D eigenvalue weighted by molar-refractivity contribution is 0.101. The second-order valence-corrected chi connectivity index (χ2v) is 6.48. The molecule has 26 heavy (non-hydrogen) atoms. The van der Waals surface area contributed by atoms with Gasteiger partial charge in [-0.25, -0.2) is 0 Å². The first-order valence-electron chi connectivity index (χ1n) is 7.87. The molecule has 3 aromatic rings. The Morgan fingerprint density at radius 1 is 1.23 bits per heavy atom. The number of ether oxygens (including phenoxy) is 2. The van der Waals surface area contributed by atoms with Crippen LogP contribution in [0.2, 0.25) is 0 Å². The zero-order chi connectivity index (χ0) is 18.7. The molecular weight excluding hydrogens is 354 g/mol. The van der Waals surface area contributed by atoms with E-state index in [0.717, 1.165) is 11.3 Å². The SMILES string of the molecule is COc1ccc(OC)c(C(=O)CSc2nnc(-c3ccoc3C)n2C)c1. The number of methoxy groups -OCH3 is 2. The van der Waals surface area contributed by atoms with E-state index in [0.29, 0.717) is 28.0 Å². The minimum Gasteiger partial charge on any atom is -0.497 e. The van der Waals surface area contributed by atoms with Crippen molar-refractivity contribution < 1.29 is 18.7 Å². The Balaban J connectivity index is 1.77. The summed E-state index contributed by atoms with van der Waals surface area (Å²) in [7, 11) is 4.96. The molecule has 2 aromatic heterocycles. The van der Waals surface area contributed by atoms with Crippen LogP contribution in [0.25, 0.3) is 11.4 Å². The van der Waals surface area contributed by atoms with Gasteiger partial charge in [0.25, 0.3) is 0 Å². The molecule has 0 amide bonds. The monoisotopic (exact) mass is 373 g/mol. The minimum atomic E-state index is -0.0743. The standard InChI is InChI=1S/C18H19N3O4S/c1-11-13(7-8-25-11)17-19-20-18(21(17)2)26-10-15(22)14-9-12(23-3)5-6-16(14)24-4/h5-9H,10H2,1-4H3.